The van der Waals surface area contributed by atoms with Crippen LogP contribution >= 0.6 is 11.6 Å². The Kier molecular flexibility index (Phi) is 5.06. The molecule has 0 saturated carbocycles. The van der Waals surface area contributed by atoms with E-state index in [0.717, 1.165) is 24.8 Å². The molecule has 0 aliphatic carbocycles. The van der Waals surface area contributed by atoms with Crippen LogP contribution in [0.15, 0.2) is 18.2 Å². The molecule has 1 aromatic carbocycles. The molecule has 0 radical (unpaired) electrons. The van der Waals surface area contributed by atoms with Gasteiger partial charge in [0, 0.05) is 0 Å². The minimum absolute atomic E-state index is 0.212. The Morgan fingerprint density at radius 2 is 2.20 bits per heavy atom. The summed E-state index contributed by atoms with van der Waals surface area (Å²) in [4.78, 5) is 0. The summed E-state index contributed by atoms with van der Waals surface area (Å²) in [5.74, 6) is -0.370. The summed E-state index contributed by atoms with van der Waals surface area (Å²) in [5.41, 5.74) is 0.819. The van der Waals surface area contributed by atoms with Crippen molar-refractivity contribution >= 4 is 11.6 Å². The second kappa shape index (κ2) is 6.09. The summed E-state index contributed by atoms with van der Waals surface area (Å²) in [7, 11) is 0. The molecule has 0 bridgehead atoms. The Morgan fingerprint density at radius 3 is 2.87 bits per heavy atom. The van der Waals surface area contributed by atoms with E-state index in [9.17, 15) is 9.50 Å². The topological polar surface area (TPSA) is 20.2 Å². The number of aryl methyl sites for hydroxylation is 1. The molecule has 1 atom stereocenters. The lowest BCUT2D eigenvalue weighted by atomic mass is 10.0. The number of hydrogen-bond acceptors (Lipinski definition) is 1. The molecule has 0 amide bonds. The lowest BCUT2D eigenvalue weighted by molar-refractivity contribution is 0.158. The molecule has 0 aliphatic heterocycles. The van der Waals surface area contributed by atoms with E-state index in [-0.39, 0.29) is 16.9 Å². The van der Waals surface area contributed by atoms with Crippen molar-refractivity contribution in [1.29, 1.82) is 0 Å². The molecular formula is C12H16ClFO. The third-order valence-electron chi connectivity index (χ3n) is 2.49. The van der Waals surface area contributed by atoms with E-state index < -0.39 is 0 Å². The highest BCUT2D eigenvalue weighted by molar-refractivity contribution is 6.31. The van der Waals surface area contributed by atoms with Crippen LogP contribution < -0.4 is 0 Å². The van der Waals surface area contributed by atoms with Crippen LogP contribution in [0, 0.1) is 5.82 Å². The van der Waals surface area contributed by atoms with Gasteiger partial charge in [-0.05, 0) is 37.3 Å². The van der Waals surface area contributed by atoms with E-state index in [1.807, 2.05) is 13.0 Å². The number of hydrogen-bond donors (Lipinski definition) is 1. The molecule has 0 aliphatic rings. The Hall–Kier alpha value is -0.600. The summed E-state index contributed by atoms with van der Waals surface area (Å²) >= 11 is 5.80. The summed E-state index contributed by atoms with van der Waals surface area (Å²) < 4.78 is 13.0. The first kappa shape index (κ1) is 12.5. The van der Waals surface area contributed by atoms with Crippen molar-refractivity contribution in [2.45, 2.75) is 38.7 Å². The lowest BCUT2D eigenvalue weighted by Crippen LogP contribution is -2.04. The average Bonchev–Trinajstić information content (AvgIpc) is 2.24. The van der Waals surface area contributed by atoms with E-state index >= 15 is 0 Å². The van der Waals surface area contributed by atoms with Crippen LogP contribution in [0.4, 0.5) is 4.39 Å². The lowest BCUT2D eigenvalue weighted by Gasteiger charge is -2.08. The molecule has 1 rings (SSSR count). The van der Waals surface area contributed by atoms with Gasteiger partial charge in [-0.15, -0.1) is 0 Å². The summed E-state index contributed by atoms with van der Waals surface area (Å²) in [6.07, 6.45) is 2.80. The molecule has 15 heavy (non-hydrogen) atoms. The predicted molar refractivity (Wildman–Crippen MR) is 60.6 cm³/mol. The second-order valence-electron chi connectivity index (χ2n) is 3.67. The van der Waals surface area contributed by atoms with Crippen LogP contribution in [-0.2, 0) is 6.42 Å². The van der Waals surface area contributed by atoms with Gasteiger partial charge in [0.15, 0.2) is 0 Å². The van der Waals surface area contributed by atoms with Gasteiger partial charge in [0.05, 0.1) is 11.1 Å². The minimum Gasteiger partial charge on any atom is -0.393 e. The largest absolute Gasteiger partial charge is 0.393 e. The zero-order valence-electron chi connectivity index (χ0n) is 8.84. The van der Waals surface area contributed by atoms with Gasteiger partial charge in [-0.1, -0.05) is 30.7 Å². The highest BCUT2D eigenvalue weighted by atomic mass is 35.5. The highest BCUT2D eigenvalue weighted by Gasteiger charge is 2.06. The number of aliphatic hydroxyl groups excluding tert-OH is 1. The van der Waals surface area contributed by atoms with Crippen LogP contribution in [0.3, 0.4) is 0 Å². The fourth-order valence-corrected chi connectivity index (χ4v) is 1.69. The molecule has 3 heteroatoms. The third kappa shape index (κ3) is 3.80. The maximum atomic E-state index is 13.0. The number of aliphatic hydroxyl groups is 1. The zero-order chi connectivity index (χ0) is 11.3. The van der Waals surface area contributed by atoms with Crippen molar-refractivity contribution in [3.05, 3.63) is 34.6 Å². The third-order valence-corrected chi connectivity index (χ3v) is 2.91. The van der Waals surface area contributed by atoms with Crippen molar-refractivity contribution in [2.75, 3.05) is 0 Å². The van der Waals surface area contributed by atoms with Crippen LogP contribution in [0.1, 0.15) is 31.7 Å². The Labute approximate surface area is 94.9 Å². The molecule has 0 saturated heterocycles. The van der Waals surface area contributed by atoms with Gasteiger partial charge in [-0.3, -0.25) is 0 Å². The van der Waals surface area contributed by atoms with Gasteiger partial charge >= 0.3 is 0 Å². The fourth-order valence-electron chi connectivity index (χ4n) is 1.47. The Balaban J connectivity index is 2.47. The number of benzene rings is 1. The zero-order valence-corrected chi connectivity index (χ0v) is 9.60. The molecule has 1 N–H and O–H groups in total. The smallest absolute Gasteiger partial charge is 0.142 e. The SMILES string of the molecule is CCC(O)CCCc1cccc(F)c1Cl. The van der Waals surface area contributed by atoms with Crippen molar-refractivity contribution in [1.82, 2.24) is 0 Å². The summed E-state index contributed by atoms with van der Waals surface area (Å²) in [6.45, 7) is 1.94. The molecule has 84 valence electrons. The van der Waals surface area contributed by atoms with Gasteiger partial charge in [0.25, 0.3) is 0 Å². The van der Waals surface area contributed by atoms with Crippen LogP contribution in [0.25, 0.3) is 0 Å². The van der Waals surface area contributed by atoms with Crippen LogP contribution in [-0.4, -0.2) is 11.2 Å². The van der Waals surface area contributed by atoms with E-state index in [0.29, 0.717) is 6.42 Å². The monoisotopic (exact) mass is 230 g/mol. The van der Waals surface area contributed by atoms with Gasteiger partial charge in [0.1, 0.15) is 5.82 Å². The summed E-state index contributed by atoms with van der Waals surface area (Å²) in [6, 6.07) is 4.84. The van der Waals surface area contributed by atoms with Gasteiger partial charge in [0.2, 0.25) is 0 Å². The molecule has 0 fully saturated rings. The highest BCUT2D eigenvalue weighted by Crippen LogP contribution is 2.21. The van der Waals surface area contributed by atoms with E-state index in [1.54, 1.807) is 6.07 Å². The normalized spacial score (nSPS) is 12.8. The quantitative estimate of drug-likeness (QED) is 0.820. The van der Waals surface area contributed by atoms with Crippen molar-refractivity contribution in [3.8, 4) is 0 Å². The molecule has 0 heterocycles. The fraction of sp³-hybridized carbons (Fsp3) is 0.500. The molecular weight excluding hydrogens is 215 g/mol. The second-order valence-corrected chi connectivity index (χ2v) is 4.05. The standard InChI is InChI=1S/C12H16ClFO/c1-2-10(15)7-3-5-9-6-4-8-11(14)12(9)13/h4,6,8,10,15H,2-3,5,7H2,1H3. The van der Waals surface area contributed by atoms with Crippen molar-refractivity contribution < 1.29 is 9.50 Å². The number of rotatable bonds is 5. The first-order valence-corrected chi connectivity index (χ1v) is 5.64. The van der Waals surface area contributed by atoms with Gasteiger partial charge in [-0.25, -0.2) is 4.39 Å². The molecule has 1 unspecified atom stereocenters. The van der Waals surface area contributed by atoms with Gasteiger partial charge in [-0.2, -0.15) is 0 Å². The average molecular weight is 231 g/mol. The van der Waals surface area contributed by atoms with Crippen molar-refractivity contribution in [2.24, 2.45) is 0 Å². The van der Waals surface area contributed by atoms with E-state index in [1.165, 1.54) is 6.07 Å². The van der Waals surface area contributed by atoms with Crippen molar-refractivity contribution in [3.63, 3.8) is 0 Å². The maximum Gasteiger partial charge on any atom is 0.142 e. The first-order valence-electron chi connectivity index (χ1n) is 5.26. The molecule has 1 nitrogen and oxygen atoms in total. The first-order chi connectivity index (χ1) is 7.15. The Morgan fingerprint density at radius 1 is 1.47 bits per heavy atom. The maximum absolute atomic E-state index is 13.0. The molecule has 0 aromatic heterocycles. The van der Waals surface area contributed by atoms with Crippen LogP contribution in [0.2, 0.25) is 5.02 Å². The predicted octanol–water partition coefficient (Wildman–Crippen LogP) is 3.57. The van der Waals surface area contributed by atoms with E-state index in [2.05, 4.69) is 0 Å². The molecule has 0 spiro atoms. The van der Waals surface area contributed by atoms with Crippen LogP contribution in [0.5, 0.6) is 0 Å². The summed E-state index contributed by atoms with van der Waals surface area (Å²) in [5, 5.41) is 9.56. The number of halogens is 2. The molecule has 1 aromatic rings. The minimum atomic E-state index is -0.370. The Bertz CT molecular complexity index is 314. The van der Waals surface area contributed by atoms with Gasteiger partial charge < -0.3 is 5.11 Å². The van der Waals surface area contributed by atoms with E-state index in [4.69, 9.17) is 11.6 Å².